The van der Waals surface area contributed by atoms with Crippen LogP contribution in [-0.2, 0) is 0 Å². The normalized spacial score (nSPS) is 21.9. The van der Waals surface area contributed by atoms with Crippen molar-refractivity contribution in [3.63, 3.8) is 0 Å². The predicted octanol–water partition coefficient (Wildman–Crippen LogP) is 4.35. The monoisotopic (exact) mass is 296 g/mol. The fraction of sp³-hybridized carbons (Fsp3) is 0.533. The van der Waals surface area contributed by atoms with E-state index >= 15 is 0 Å². The predicted molar refractivity (Wildman–Crippen MR) is 87.0 cm³/mol. The maximum absolute atomic E-state index is 6.02. The van der Waals surface area contributed by atoms with Crippen molar-refractivity contribution in [1.82, 2.24) is 0 Å². The van der Waals surface area contributed by atoms with E-state index in [-0.39, 0.29) is 0 Å². The molecular weight excluding hydrogens is 276 g/mol. The van der Waals surface area contributed by atoms with Gasteiger partial charge in [-0.25, -0.2) is 0 Å². The summed E-state index contributed by atoms with van der Waals surface area (Å²) in [6.07, 6.45) is 5.03. The molecule has 4 heteroatoms. The van der Waals surface area contributed by atoms with Crippen LogP contribution in [0.15, 0.2) is 18.2 Å². The number of rotatable bonds is 3. The highest BCUT2D eigenvalue weighted by Crippen LogP contribution is 2.38. The zero-order chi connectivity index (χ0) is 14.0. The Hall–Kier alpha value is -0.800. The maximum Gasteiger partial charge on any atom is 0.106 e. The van der Waals surface area contributed by atoms with Gasteiger partial charge in [0.05, 0.1) is 0 Å². The van der Waals surface area contributed by atoms with E-state index in [1.807, 2.05) is 18.2 Å². The molecule has 0 aromatic heterocycles. The standard InChI is InChI=1S/C15H21ClN2S/c1-15(2)8-4-3-5-13(15)18-12-7-6-10(16)9-11(12)14(17)19/h6-7,9,13,18H,3-5,8H2,1-2H3,(H2,17,19). The second kappa shape index (κ2) is 5.68. The van der Waals surface area contributed by atoms with E-state index in [0.29, 0.717) is 21.5 Å². The summed E-state index contributed by atoms with van der Waals surface area (Å²) in [6.45, 7) is 4.64. The minimum atomic E-state index is 0.297. The lowest BCUT2D eigenvalue weighted by atomic mass is 9.73. The molecule has 1 atom stereocenters. The molecule has 0 radical (unpaired) electrons. The lowest BCUT2D eigenvalue weighted by Gasteiger charge is -2.40. The van der Waals surface area contributed by atoms with Crippen molar-refractivity contribution in [3.8, 4) is 0 Å². The van der Waals surface area contributed by atoms with Gasteiger partial charge in [-0.05, 0) is 36.5 Å². The lowest BCUT2D eigenvalue weighted by Crippen LogP contribution is -2.39. The quantitative estimate of drug-likeness (QED) is 0.814. The van der Waals surface area contributed by atoms with Crippen LogP contribution in [-0.4, -0.2) is 11.0 Å². The van der Waals surface area contributed by atoms with Gasteiger partial charge in [-0.2, -0.15) is 0 Å². The zero-order valence-corrected chi connectivity index (χ0v) is 13.1. The highest BCUT2D eigenvalue weighted by Gasteiger charge is 2.32. The molecule has 0 aliphatic heterocycles. The van der Waals surface area contributed by atoms with Gasteiger partial charge in [0.15, 0.2) is 0 Å². The number of nitrogens with one attached hydrogen (secondary N) is 1. The second-order valence-electron chi connectivity index (χ2n) is 5.99. The summed E-state index contributed by atoms with van der Waals surface area (Å²) in [4.78, 5) is 0.388. The molecular formula is C15H21ClN2S. The smallest absolute Gasteiger partial charge is 0.106 e. The minimum Gasteiger partial charge on any atom is -0.389 e. The van der Waals surface area contributed by atoms with Crippen molar-refractivity contribution < 1.29 is 0 Å². The lowest BCUT2D eigenvalue weighted by molar-refractivity contribution is 0.217. The molecule has 1 aliphatic rings. The van der Waals surface area contributed by atoms with Gasteiger partial charge in [0.2, 0.25) is 0 Å². The summed E-state index contributed by atoms with van der Waals surface area (Å²) in [5.41, 5.74) is 7.92. The molecule has 2 nitrogen and oxygen atoms in total. The number of halogens is 1. The first kappa shape index (κ1) is 14.6. The average molecular weight is 297 g/mol. The molecule has 19 heavy (non-hydrogen) atoms. The molecule has 1 saturated carbocycles. The summed E-state index contributed by atoms with van der Waals surface area (Å²) in [5, 5.41) is 4.29. The van der Waals surface area contributed by atoms with Crippen LogP contribution in [0.5, 0.6) is 0 Å². The van der Waals surface area contributed by atoms with Crippen molar-refractivity contribution in [3.05, 3.63) is 28.8 Å². The van der Waals surface area contributed by atoms with Crippen LogP contribution in [0.3, 0.4) is 0 Å². The van der Waals surface area contributed by atoms with Gasteiger partial charge >= 0.3 is 0 Å². The number of thiocarbonyl (C=S) groups is 1. The van der Waals surface area contributed by atoms with Gasteiger partial charge in [-0.1, -0.05) is 50.5 Å². The van der Waals surface area contributed by atoms with Gasteiger partial charge in [-0.3, -0.25) is 0 Å². The SMILES string of the molecule is CC1(C)CCCCC1Nc1ccc(Cl)cc1C(N)=S. The van der Waals surface area contributed by atoms with Crippen LogP contribution in [0.25, 0.3) is 0 Å². The van der Waals surface area contributed by atoms with E-state index in [9.17, 15) is 0 Å². The summed E-state index contributed by atoms with van der Waals surface area (Å²) in [5.74, 6) is 0. The molecule has 3 N–H and O–H groups in total. The molecule has 1 fully saturated rings. The Bertz CT molecular complexity index is 485. The zero-order valence-electron chi connectivity index (χ0n) is 11.5. The van der Waals surface area contributed by atoms with Gasteiger partial charge in [0.25, 0.3) is 0 Å². The van der Waals surface area contributed by atoms with Crippen molar-refractivity contribution >= 4 is 34.5 Å². The molecule has 2 rings (SSSR count). The summed E-state index contributed by atoms with van der Waals surface area (Å²) in [7, 11) is 0. The van der Waals surface area contributed by atoms with Crippen LogP contribution >= 0.6 is 23.8 Å². The van der Waals surface area contributed by atoms with Crippen LogP contribution in [0.1, 0.15) is 45.1 Å². The van der Waals surface area contributed by atoms with Crippen LogP contribution < -0.4 is 11.1 Å². The van der Waals surface area contributed by atoms with Crippen LogP contribution in [0.4, 0.5) is 5.69 Å². The number of nitrogens with two attached hydrogens (primary N) is 1. The van der Waals surface area contributed by atoms with Crippen LogP contribution in [0, 0.1) is 5.41 Å². The molecule has 1 aliphatic carbocycles. The van der Waals surface area contributed by atoms with Crippen LogP contribution in [0.2, 0.25) is 5.02 Å². The third-order valence-corrected chi connectivity index (χ3v) is 4.54. The van der Waals surface area contributed by atoms with E-state index in [2.05, 4.69) is 19.2 Å². The molecule has 104 valence electrons. The molecule has 1 aromatic carbocycles. The van der Waals surface area contributed by atoms with Gasteiger partial charge < -0.3 is 11.1 Å². The first-order chi connectivity index (χ1) is 8.90. The first-order valence-electron chi connectivity index (χ1n) is 6.76. The Kier molecular flexibility index (Phi) is 4.36. The topological polar surface area (TPSA) is 38.0 Å². The number of hydrogen-bond donors (Lipinski definition) is 2. The minimum absolute atomic E-state index is 0.297. The molecule has 0 bridgehead atoms. The van der Waals surface area contributed by atoms with Crippen molar-refractivity contribution in [2.24, 2.45) is 11.1 Å². The fourth-order valence-electron chi connectivity index (χ4n) is 2.80. The Morgan fingerprint density at radius 3 is 2.79 bits per heavy atom. The Morgan fingerprint density at radius 1 is 1.42 bits per heavy atom. The summed E-state index contributed by atoms with van der Waals surface area (Å²) >= 11 is 11.1. The molecule has 0 spiro atoms. The molecule has 0 heterocycles. The third kappa shape index (κ3) is 3.40. The Balaban J connectivity index is 2.25. The largest absolute Gasteiger partial charge is 0.389 e. The van der Waals surface area contributed by atoms with Gasteiger partial charge in [0, 0.05) is 22.3 Å². The Morgan fingerprint density at radius 2 is 2.16 bits per heavy atom. The van der Waals surface area contributed by atoms with E-state index in [1.54, 1.807) is 0 Å². The highest BCUT2D eigenvalue weighted by atomic mass is 35.5. The molecule has 1 unspecified atom stereocenters. The Labute approximate surface area is 125 Å². The maximum atomic E-state index is 6.02. The number of anilines is 1. The second-order valence-corrected chi connectivity index (χ2v) is 6.86. The van der Waals surface area contributed by atoms with Crippen molar-refractivity contribution in [2.75, 3.05) is 5.32 Å². The van der Waals surface area contributed by atoms with E-state index in [1.165, 1.54) is 25.7 Å². The average Bonchev–Trinajstić information content (AvgIpc) is 2.33. The molecule has 0 saturated heterocycles. The summed E-state index contributed by atoms with van der Waals surface area (Å²) < 4.78 is 0. The first-order valence-corrected chi connectivity index (χ1v) is 7.55. The van der Waals surface area contributed by atoms with E-state index < -0.39 is 0 Å². The molecule has 1 aromatic rings. The number of hydrogen-bond acceptors (Lipinski definition) is 2. The molecule has 0 amide bonds. The van der Waals surface area contributed by atoms with E-state index in [0.717, 1.165) is 11.3 Å². The fourth-order valence-corrected chi connectivity index (χ4v) is 3.14. The highest BCUT2D eigenvalue weighted by molar-refractivity contribution is 7.80. The van der Waals surface area contributed by atoms with E-state index in [4.69, 9.17) is 29.6 Å². The van der Waals surface area contributed by atoms with Gasteiger partial charge in [0.1, 0.15) is 4.99 Å². The van der Waals surface area contributed by atoms with Crippen molar-refractivity contribution in [2.45, 2.75) is 45.6 Å². The van der Waals surface area contributed by atoms with Gasteiger partial charge in [-0.15, -0.1) is 0 Å². The third-order valence-electron chi connectivity index (χ3n) is 4.08. The summed E-state index contributed by atoms with van der Waals surface area (Å²) in [6, 6.07) is 6.14. The van der Waals surface area contributed by atoms with Crippen molar-refractivity contribution in [1.29, 1.82) is 0 Å². The number of benzene rings is 1.